The van der Waals surface area contributed by atoms with E-state index in [9.17, 15) is 4.79 Å². The third kappa shape index (κ3) is 3.30. The standard InChI is InChI=1S/C22H24N4OS/c1-14-12-19(15(2)25(14)17-10-11-17)20(27)13-28-22-23-21(16-8-9-16)26(24-22)18-6-4-3-5-7-18/h3-7,12,16-17H,8-11,13H2,1-2H3. The van der Waals surface area contributed by atoms with Crippen LogP contribution in [0.2, 0.25) is 0 Å². The minimum atomic E-state index is 0.161. The number of thioether (sulfide) groups is 1. The number of carbonyl (C=O) groups excluding carboxylic acids is 1. The normalized spacial score (nSPS) is 16.5. The molecule has 5 rings (SSSR count). The fraction of sp³-hybridized carbons (Fsp3) is 0.409. The fourth-order valence-corrected chi connectivity index (χ4v) is 4.61. The van der Waals surface area contributed by atoms with Crippen LogP contribution in [0.4, 0.5) is 0 Å². The minimum absolute atomic E-state index is 0.161. The number of aromatic nitrogens is 4. The summed E-state index contributed by atoms with van der Waals surface area (Å²) in [6, 6.07) is 12.8. The summed E-state index contributed by atoms with van der Waals surface area (Å²) in [7, 11) is 0. The Morgan fingerprint density at radius 3 is 2.57 bits per heavy atom. The van der Waals surface area contributed by atoms with Crippen molar-refractivity contribution in [1.82, 2.24) is 19.3 Å². The molecule has 2 aromatic heterocycles. The molecule has 2 fully saturated rings. The number of ketones is 1. The zero-order valence-electron chi connectivity index (χ0n) is 16.3. The molecular formula is C22H24N4OS. The predicted molar refractivity (Wildman–Crippen MR) is 111 cm³/mol. The number of hydrogen-bond acceptors (Lipinski definition) is 4. The quantitative estimate of drug-likeness (QED) is 0.425. The number of aryl methyl sites for hydroxylation is 1. The van der Waals surface area contributed by atoms with Gasteiger partial charge in [0.05, 0.1) is 11.4 Å². The highest BCUT2D eigenvalue weighted by atomic mass is 32.2. The summed E-state index contributed by atoms with van der Waals surface area (Å²) in [5.41, 5.74) is 4.17. The van der Waals surface area contributed by atoms with Crippen molar-refractivity contribution in [3.05, 3.63) is 59.2 Å². The number of Topliss-reactive ketones (excluding diaryl/α,β-unsaturated/α-hetero) is 1. The van der Waals surface area contributed by atoms with Gasteiger partial charge in [0, 0.05) is 28.9 Å². The van der Waals surface area contributed by atoms with Gasteiger partial charge in [0.2, 0.25) is 5.16 Å². The Bertz CT molecular complexity index is 1030. The average Bonchev–Trinajstić information content (AvgIpc) is 3.64. The third-order valence-electron chi connectivity index (χ3n) is 5.59. The van der Waals surface area contributed by atoms with Crippen LogP contribution in [-0.2, 0) is 0 Å². The van der Waals surface area contributed by atoms with Crippen molar-refractivity contribution in [3.63, 3.8) is 0 Å². The number of para-hydroxylation sites is 1. The molecule has 0 spiro atoms. The van der Waals surface area contributed by atoms with Crippen LogP contribution in [0.5, 0.6) is 0 Å². The molecule has 0 amide bonds. The van der Waals surface area contributed by atoms with Gasteiger partial charge in [-0.3, -0.25) is 4.79 Å². The molecule has 0 unspecified atom stereocenters. The first-order chi connectivity index (χ1) is 13.6. The Hall–Kier alpha value is -2.34. The van der Waals surface area contributed by atoms with Crippen LogP contribution in [0.15, 0.2) is 41.6 Å². The topological polar surface area (TPSA) is 52.7 Å². The second-order valence-electron chi connectivity index (χ2n) is 7.87. The van der Waals surface area contributed by atoms with Gasteiger partial charge in [-0.2, -0.15) is 0 Å². The fourth-order valence-electron chi connectivity index (χ4n) is 3.89. The average molecular weight is 393 g/mol. The molecule has 0 aliphatic heterocycles. The molecule has 0 atom stereocenters. The second-order valence-corrected chi connectivity index (χ2v) is 8.81. The van der Waals surface area contributed by atoms with Crippen LogP contribution in [-0.4, -0.2) is 30.9 Å². The third-order valence-corrected chi connectivity index (χ3v) is 6.42. The smallest absolute Gasteiger partial charge is 0.209 e. The van der Waals surface area contributed by atoms with E-state index < -0.39 is 0 Å². The Morgan fingerprint density at radius 2 is 1.89 bits per heavy atom. The van der Waals surface area contributed by atoms with E-state index in [4.69, 9.17) is 10.1 Å². The summed E-state index contributed by atoms with van der Waals surface area (Å²) < 4.78 is 4.27. The number of carbonyl (C=O) groups is 1. The number of nitrogens with zero attached hydrogens (tertiary/aromatic N) is 4. The zero-order valence-corrected chi connectivity index (χ0v) is 17.1. The van der Waals surface area contributed by atoms with Crippen LogP contribution in [0, 0.1) is 13.8 Å². The van der Waals surface area contributed by atoms with E-state index in [1.807, 2.05) is 41.1 Å². The zero-order chi connectivity index (χ0) is 19.3. The molecule has 0 bridgehead atoms. The van der Waals surface area contributed by atoms with Crippen LogP contribution in [0.3, 0.4) is 0 Å². The maximum absolute atomic E-state index is 12.9. The molecule has 0 radical (unpaired) electrons. The summed E-state index contributed by atoms with van der Waals surface area (Å²) >= 11 is 1.44. The highest BCUT2D eigenvalue weighted by molar-refractivity contribution is 7.99. The van der Waals surface area contributed by atoms with Gasteiger partial charge < -0.3 is 4.57 Å². The highest BCUT2D eigenvalue weighted by Gasteiger charge is 2.31. The Balaban J connectivity index is 1.34. The van der Waals surface area contributed by atoms with E-state index in [1.165, 1.54) is 43.1 Å². The van der Waals surface area contributed by atoms with Gasteiger partial charge >= 0.3 is 0 Å². The first kappa shape index (κ1) is 17.7. The first-order valence-corrected chi connectivity index (χ1v) is 11.0. The summed E-state index contributed by atoms with van der Waals surface area (Å²) in [6.45, 7) is 4.16. The Labute approximate surface area is 169 Å². The van der Waals surface area contributed by atoms with Crippen molar-refractivity contribution in [3.8, 4) is 5.69 Å². The highest BCUT2D eigenvalue weighted by Crippen LogP contribution is 2.41. The van der Waals surface area contributed by atoms with Crippen molar-refractivity contribution in [2.24, 2.45) is 0 Å². The lowest BCUT2D eigenvalue weighted by atomic mass is 10.2. The first-order valence-electron chi connectivity index (χ1n) is 9.98. The molecule has 3 aromatic rings. The van der Waals surface area contributed by atoms with Crippen molar-refractivity contribution in [2.45, 2.75) is 56.6 Å². The van der Waals surface area contributed by atoms with Gasteiger partial charge in [0.25, 0.3) is 0 Å². The molecule has 5 nitrogen and oxygen atoms in total. The number of hydrogen-bond donors (Lipinski definition) is 0. The van der Waals surface area contributed by atoms with E-state index in [0.29, 0.717) is 22.9 Å². The molecule has 144 valence electrons. The van der Waals surface area contributed by atoms with Gasteiger partial charge in [-0.1, -0.05) is 30.0 Å². The van der Waals surface area contributed by atoms with Gasteiger partial charge in [-0.15, -0.1) is 5.10 Å². The lowest BCUT2D eigenvalue weighted by Crippen LogP contribution is -2.06. The molecule has 2 aliphatic rings. The van der Waals surface area contributed by atoms with Crippen LogP contribution >= 0.6 is 11.8 Å². The van der Waals surface area contributed by atoms with E-state index in [2.05, 4.69) is 18.4 Å². The van der Waals surface area contributed by atoms with Crippen LogP contribution in [0.25, 0.3) is 5.69 Å². The van der Waals surface area contributed by atoms with Crippen molar-refractivity contribution in [2.75, 3.05) is 5.75 Å². The molecule has 28 heavy (non-hydrogen) atoms. The predicted octanol–water partition coefficient (Wildman–Crippen LogP) is 4.87. The van der Waals surface area contributed by atoms with Crippen molar-refractivity contribution in [1.29, 1.82) is 0 Å². The summed E-state index contributed by atoms with van der Waals surface area (Å²) in [5.74, 6) is 2.05. The van der Waals surface area contributed by atoms with Crippen molar-refractivity contribution >= 4 is 17.5 Å². The largest absolute Gasteiger partial charge is 0.345 e. The SMILES string of the molecule is Cc1cc(C(=O)CSc2nc(C3CC3)n(-c3ccccc3)n2)c(C)n1C1CC1. The molecular weight excluding hydrogens is 368 g/mol. The lowest BCUT2D eigenvalue weighted by molar-refractivity contribution is 0.102. The van der Waals surface area contributed by atoms with Gasteiger partial charge in [-0.05, 0) is 57.7 Å². The van der Waals surface area contributed by atoms with Gasteiger partial charge in [0.1, 0.15) is 5.82 Å². The molecule has 2 saturated carbocycles. The molecule has 0 N–H and O–H groups in total. The van der Waals surface area contributed by atoms with E-state index in [-0.39, 0.29) is 5.78 Å². The summed E-state index contributed by atoms with van der Waals surface area (Å²) in [4.78, 5) is 17.6. The minimum Gasteiger partial charge on any atom is -0.345 e. The number of benzene rings is 1. The molecule has 2 aliphatic carbocycles. The molecule has 2 heterocycles. The molecule has 6 heteroatoms. The molecule has 0 saturated heterocycles. The van der Waals surface area contributed by atoms with E-state index >= 15 is 0 Å². The van der Waals surface area contributed by atoms with Crippen LogP contribution in [0.1, 0.15) is 65.2 Å². The maximum Gasteiger partial charge on any atom is 0.209 e. The molecule has 1 aromatic carbocycles. The van der Waals surface area contributed by atoms with E-state index in [1.54, 1.807) is 0 Å². The Morgan fingerprint density at radius 1 is 1.14 bits per heavy atom. The number of rotatable bonds is 7. The van der Waals surface area contributed by atoms with Crippen LogP contribution < -0.4 is 0 Å². The Kier molecular flexibility index (Phi) is 4.38. The second kappa shape index (κ2) is 6.92. The monoisotopic (exact) mass is 392 g/mol. The summed E-state index contributed by atoms with van der Waals surface area (Å²) in [6.07, 6.45) is 4.79. The maximum atomic E-state index is 12.9. The van der Waals surface area contributed by atoms with Gasteiger partial charge in [0.15, 0.2) is 5.78 Å². The van der Waals surface area contributed by atoms with Gasteiger partial charge in [-0.25, -0.2) is 9.67 Å². The van der Waals surface area contributed by atoms with Crippen molar-refractivity contribution < 1.29 is 4.79 Å². The van der Waals surface area contributed by atoms with E-state index in [0.717, 1.165) is 22.8 Å². The lowest BCUT2D eigenvalue weighted by Gasteiger charge is -2.07. The summed E-state index contributed by atoms with van der Waals surface area (Å²) in [5, 5.41) is 5.39.